The molecule has 0 rings (SSSR count). The maximum absolute atomic E-state index is 10.4. The molecule has 0 aliphatic carbocycles. The number of aliphatic carboxylic acids is 1. The van der Waals surface area contributed by atoms with Crippen LogP contribution in [0.5, 0.6) is 0 Å². The second-order valence-electron chi connectivity index (χ2n) is 3.90. The standard InChI is InChI=1S/C10H20N2O2/c1-8(6-7-9(13)14)10(11(2)3)12(4)5/h6-8,10H,1-5H3,(H,13,14). The first-order valence-corrected chi connectivity index (χ1v) is 4.60. The first kappa shape index (κ1) is 13.1. The van der Waals surface area contributed by atoms with Gasteiger partial charge in [-0.1, -0.05) is 13.0 Å². The van der Waals surface area contributed by atoms with Crippen molar-refractivity contribution in [2.45, 2.75) is 13.1 Å². The van der Waals surface area contributed by atoms with E-state index in [0.717, 1.165) is 0 Å². The summed E-state index contributed by atoms with van der Waals surface area (Å²) in [5, 5.41) is 8.51. The first-order valence-electron chi connectivity index (χ1n) is 4.60. The highest BCUT2D eigenvalue weighted by Gasteiger charge is 2.19. The number of hydrogen-bond acceptors (Lipinski definition) is 3. The molecule has 0 aromatic heterocycles. The van der Waals surface area contributed by atoms with Gasteiger partial charge in [0.25, 0.3) is 0 Å². The quantitative estimate of drug-likeness (QED) is 0.524. The van der Waals surface area contributed by atoms with E-state index in [-0.39, 0.29) is 12.1 Å². The Morgan fingerprint density at radius 3 is 1.93 bits per heavy atom. The maximum atomic E-state index is 10.4. The van der Waals surface area contributed by atoms with Crippen molar-refractivity contribution in [3.63, 3.8) is 0 Å². The van der Waals surface area contributed by atoms with Crippen molar-refractivity contribution >= 4 is 5.97 Å². The predicted molar refractivity (Wildman–Crippen MR) is 57.1 cm³/mol. The molecule has 82 valence electrons. The summed E-state index contributed by atoms with van der Waals surface area (Å²) in [6.07, 6.45) is 3.13. The molecular weight excluding hydrogens is 180 g/mol. The summed E-state index contributed by atoms with van der Waals surface area (Å²) in [5.74, 6) is -0.718. The average Bonchev–Trinajstić information content (AvgIpc) is 1.99. The van der Waals surface area contributed by atoms with Gasteiger partial charge in [-0.25, -0.2) is 4.79 Å². The highest BCUT2D eigenvalue weighted by atomic mass is 16.4. The van der Waals surface area contributed by atoms with Crippen molar-refractivity contribution in [1.29, 1.82) is 0 Å². The van der Waals surface area contributed by atoms with E-state index in [4.69, 9.17) is 5.11 Å². The van der Waals surface area contributed by atoms with Crippen molar-refractivity contribution in [2.24, 2.45) is 5.92 Å². The molecule has 4 heteroatoms. The van der Waals surface area contributed by atoms with Crippen LogP contribution in [-0.4, -0.2) is 55.2 Å². The Labute approximate surface area is 85.8 Å². The number of carbonyl (C=O) groups is 1. The minimum Gasteiger partial charge on any atom is -0.478 e. The summed E-state index contributed by atoms with van der Waals surface area (Å²) in [5.41, 5.74) is 0. The first-order chi connectivity index (χ1) is 6.36. The smallest absolute Gasteiger partial charge is 0.327 e. The van der Waals surface area contributed by atoms with Crippen LogP contribution in [0.4, 0.5) is 0 Å². The fourth-order valence-corrected chi connectivity index (χ4v) is 1.74. The molecule has 0 heterocycles. The Morgan fingerprint density at radius 1 is 1.21 bits per heavy atom. The van der Waals surface area contributed by atoms with Gasteiger partial charge in [0.15, 0.2) is 0 Å². The third kappa shape index (κ3) is 4.39. The number of carboxylic acids is 1. The molecule has 0 fully saturated rings. The lowest BCUT2D eigenvalue weighted by Crippen LogP contribution is -2.44. The highest BCUT2D eigenvalue weighted by Crippen LogP contribution is 2.11. The fraction of sp³-hybridized carbons (Fsp3) is 0.700. The Bertz CT molecular complexity index is 204. The van der Waals surface area contributed by atoms with E-state index in [1.165, 1.54) is 6.08 Å². The van der Waals surface area contributed by atoms with Gasteiger partial charge in [-0.2, -0.15) is 0 Å². The lowest BCUT2D eigenvalue weighted by Gasteiger charge is -2.34. The summed E-state index contributed by atoms with van der Waals surface area (Å²) >= 11 is 0. The van der Waals surface area contributed by atoms with Crippen LogP contribution in [0.25, 0.3) is 0 Å². The number of rotatable bonds is 5. The summed E-state index contributed by atoms with van der Waals surface area (Å²) < 4.78 is 0. The van der Waals surface area contributed by atoms with Gasteiger partial charge in [-0.05, 0) is 28.2 Å². The molecule has 0 aromatic rings. The third-order valence-electron chi connectivity index (χ3n) is 2.07. The van der Waals surface area contributed by atoms with Gasteiger partial charge in [0.2, 0.25) is 0 Å². The molecule has 0 saturated carbocycles. The molecule has 0 saturated heterocycles. The van der Waals surface area contributed by atoms with Gasteiger partial charge in [0.1, 0.15) is 0 Å². The third-order valence-corrected chi connectivity index (χ3v) is 2.07. The molecule has 0 radical (unpaired) electrons. The Hall–Kier alpha value is -0.870. The van der Waals surface area contributed by atoms with Gasteiger partial charge in [-0.15, -0.1) is 0 Å². The topological polar surface area (TPSA) is 43.8 Å². The lowest BCUT2D eigenvalue weighted by atomic mass is 10.1. The highest BCUT2D eigenvalue weighted by molar-refractivity contribution is 5.79. The zero-order valence-electron chi connectivity index (χ0n) is 9.56. The molecular formula is C10H20N2O2. The molecule has 0 spiro atoms. The van der Waals surface area contributed by atoms with Crippen LogP contribution in [0.15, 0.2) is 12.2 Å². The van der Waals surface area contributed by atoms with E-state index in [0.29, 0.717) is 0 Å². The van der Waals surface area contributed by atoms with Crippen molar-refractivity contribution < 1.29 is 9.90 Å². The summed E-state index contributed by atoms with van der Waals surface area (Å²) in [6.45, 7) is 2.00. The van der Waals surface area contributed by atoms with Crippen LogP contribution < -0.4 is 0 Å². The van der Waals surface area contributed by atoms with Crippen LogP contribution in [0, 0.1) is 5.92 Å². The largest absolute Gasteiger partial charge is 0.478 e. The molecule has 1 N–H and O–H groups in total. The molecule has 0 bridgehead atoms. The zero-order chi connectivity index (χ0) is 11.3. The lowest BCUT2D eigenvalue weighted by molar-refractivity contribution is -0.131. The van der Waals surface area contributed by atoms with Gasteiger partial charge < -0.3 is 5.11 Å². The summed E-state index contributed by atoms with van der Waals surface area (Å²) in [7, 11) is 7.93. The van der Waals surface area contributed by atoms with Gasteiger partial charge in [0.05, 0.1) is 6.17 Å². The van der Waals surface area contributed by atoms with E-state index < -0.39 is 5.97 Å². The molecule has 14 heavy (non-hydrogen) atoms. The van der Waals surface area contributed by atoms with Crippen molar-refractivity contribution in [1.82, 2.24) is 9.80 Å². The van der Waals surface area contributed by atoms with Crippen molar-refractivity contribution in [3.05, 3.63) is 12.2 Å². The Balaban J connectivity index is 4.44. The maximum Gasteiger partial charge on any atom is 0.327 e. The van der Waals surface area contributed by atoms with Crippen LogP contribution in [-0.2, 0) is 4.79 Å². The summed E-state index contributed by atoms with van der Waals surface area (Å²) in [4.78, 5) is 14.5. The molecule has 1 unspecified atom stereocenters. The number of carboxylic acid groups (broad SMARTS) is 1. The molecule has 0 aromatic carbocycles. The second-order valence-corrected chi connectivity index (χ2v) is 3.90. The Kier molecular flexibility index (Phi) is 5.42. The normalized spacial score (nSPS) is 14.6. The van der Waals surface area contributed by atoms with E-state index >= 15 is 0 Å². The van der Waals surface area contributed by atoms with Crippen molar-refractivity contribution in [3.8, 4) is 0 Å². The van der Waals surface area contributed by atoms with E-state index in [1.807, 2.05) is 35.1 Å². The SMILES string of the molecule is CC(C=CC(=O)O)C(N(C)C)N(C)C. The van der Waals surface area contributed by atoms with Crippen molar-refractivity contribution in [2.75, 3.05) is 28.2 Å². The Morgan fingerprint density at radius 2 is 1.64 bits per heavy atom. The monoisotopic (exact) mass is 200 g/mol. The minimum atomic E-state index is -0.895. The summed E-state index contributed by atoms with van der Waals surface area (Å²) in [6, 6.07) is 0. The van der Waals surface area contributed by atoms with E-state index in [1.54, 1.807) is 6.08 Å². The molecule has 1 atom stereocenters. The minimum absolute atomic E-state index is 0.177. The van der Waals surface area contributed by atoms with E-state index in [9.17, 15) is 4.79 Å². The van der Waals surface area contributed by atoms with Gasteiger partial charge in [-0.3, -0.25) is 9.80 Å². The van der Waals surface area contributed by atoms with E-state index in [2.05, 4.69) is 9.80 Å². The van der Waals surface area contributed by atoms with Crippen LogP contribution in [0.1, 0.15) is 6.92 Å². The van der Waals surface area contributed by atoms with Crippen LogP contribution in [0.3, 0.4) is 0 Å². The number of nitrogens with zero attached hydrogens (tertiary/aromatic N) is 2. The molecule has 4 nitrogen and oxygen atoms in total. The predicted octanol–water partition coefficient (Wildman–Crippen LogP) is 0.713. The average molecular weight is 200 g/mol. The zero-order valence-corrected chi connectivity index (χ0v) is 9.56. The van der Waals surface area contributed by atoms with Gasteiger partial charge in [0, 0.05) is 12.0 Å². The molecule has 0 amide bonds. The van der Waals surface area contributed by atoms with Crippen LogP contribution in [0.2, 0.25) is 0 Å². The van der Waals surface area contributed by atoms with Gasteiger partial charge >= 0.3 is 5.97 Å². The van der Waals surface area contributed by atoms with Crippen LogP contribution >= 0.6 is 0 Å². The molecule has 0 aliphatic heterocycles. The molecule has 0 aliphatic rings. The fourth-order valence-electron chi connectivity index (χ4n) is 1.74. The second kappa shape index (κ2) is 5.78. The number of hydrogen-bond donors (Lipinski definition) is 1.